The summed E-state index contributed by atoms with van der Waals surface area (Å²) in [4.78, 5) is 27.0. The number of hydrogen-bond acceptors (Lipinski definition) is 2. The molecule has 0 N–H and O–H groups in total. The van der Waals surface area contributed by atoms with Gasteiger partial charge in [-0.2, -0.15) is 0 Å². The predicted octanol–water partition coefficient (Wildman–Crippen LogP) is 3.42. The van der Waals surface area contributed by atoms with Gasteiger partial charge in [0.2, 0.25) is 5.91 Å². The molecule has 1 aliphatic carbocycles. The maximum Gasteiger partial charge on any atom is 0.225 e. The van der Waals surface area contributed by atoms with E-state index in [1.54, 1.807) is 0 Å². The van der Waals surface area contributed by atoms with E-state index in [-0.39, 0.29) is 17.3 Å². The van der Waals surface area contributed by atoms with E-state index in [9.17, 15) is 9.59 Å². The van der Waals surface area contributed by atoms with Gasteiger partial charge in [-0.3, -0.25) is 9.59 Å². The third kappa shape index (κ3) is 3.62. The lowest BCUT2D eigenvalue weighted by Crippen LogP contribution is -2.47. The van der Waals surface area contributed by atoms with Crippen LogP contribution in [-0.4, -0.2) is 29.7 Å². The van der Waals surface area contributed by atoms with Crippen molar-refractivity contribution in [2.75, 3.05) is 13.1 Å². The predicted molar refractivity (Wildman–Crippen MR) is 80.3 cm³/mol. The largest absolute Gasteiger partial charge is 0.342 e. The van der Waals surface area contributed by atoms with Crippen LogP contribution < -0.4 is 0 Å². The van der Waals surface area contributed by atoms with Crippen LogP contribution in [0.1, 0.15) is 65.7 Å². The SMILES string of the molecule is CC(C)(C)C(=O)C1CCCN(C(=O)C2CCCCC2)C1. The maximum absolute atomic E-state index is 12.6. The van der Waals surface area contributed by atoms with Gasteiger partial charge < -0.3 is 4.90 Å². The Hall–Kier alpha value is -0.860. The van der Waals surface area contributed by atoms with Gasteiger partial charge in [-0.15, -0.1) is 0 Å². The average Bonchev–Trinajstić information content (AvgIpc) is 2.46. The molecule has 1 unspecified atom stereocenters. The third-order valence-corrected chi connectivity index (χ3v) is 4.80. The van der Waals surface area contributed by atoms with E-state index >= 15 is 0 Å². The Morgan fingerprint density at radius 1 is 0.900 bits per heavy atom. The highest BCUT2D eigenvalue weighted by molar-refractivity contribution is 5.87. The van der Waals surface area contributed by atoms with Gasteiger partial charge >= 0.3 is 0 Å². The molecule has 1 saturated carbocycles. The second-order valence-corrected chi connectivity index (χ2v) is 7.57. The first-order valence-corrected chi connectivity index (χ1v) is 8.22. The smallest absolute Gasteiger partial charge is 0.225 e. The highest BCUT2D eigenvalue weighted by atomic mass is 16.2. The summed E-state index contributed by atoms with van der Waals surface area (Å²) in [6.45, 7) is 7.46. The lowest BCUT2D eigenvalue weighted by atomic mass is 9.79. The van der Waals surface area contributed by atoms with Crippen LogP contribution >= 0.6 is 0 Å². The molecule has 114 valence electrons. The molecule has 3 nitrogen and oxygen atoms in total. The van der Waals surface area contributed by atoms with Crippen molar-refractivity contribution in [1.29, 1.82) is 0 Å². The zero-order chi connectivity index (χ0) is 14.8. The Balaban J connectivity index is 1.96. The Morgan fingerprint density at radius 2 is 1.50 bits per heavy atom. The molecule has 3 heteroatoms. The minimum absolute atomic E-state index is 0.0521. The Morgan fingerprint density at radius 3 is 2.10 bits per heavy atom. The summed E-state index contributed by atoms with van der Waals surface area (Å²) in [5, 5.41) is 0. The third-order valence-electron chi connectivity index (χ3n) is 4.80. The molecule has 1 amide bonds. The van der Waals surface area contributed by atoms with E-state index in [4.69, 9.17) is 0 Å². The van der Waals surface area contributed by atoms with Gasteiger partial charge in [-0.1, -0.05) is 40.0 Å². The van der Waals surface area contributed by atoms with Gasteiger partial charge in [0.05, 0.1) is 0 Å². The summed E-state index contributed by atoms with van der Waals surface area (Å²) in [7, 11) is 0. The van der Waals surface area contributed by atoms with Crippen molar-refractivity contribution in [3.8, 4) is 0 Å². The topological polar surface area (TPSA) is 37.4 Å². The summed E-state index contributed by atoms with van der Waals surface area (Å²) in [5.41, 5.74) is -0.290. The average molecular weight is 279 g/mol. The van der Waals surface area contributed by atoms with Gasteiger partial charge in [0.25, 0.3) is 0 Å². The fraction of sp³-hybridized carbons (Fsp3) is 0.882. The van der Waals surface area contributed by atoms with E-state index in [0.29, 0.717) is 18.2 Å². The molecular weight excluding hydrogens is 250 g/mol. The summed E-state index contributed by atoms with van der Waals surface area (Å²) in [6, 6.07) is 0. The summed E-state index contributed by atoms with van der Waals surface area (Å²) < 4.78 is 0. The monoisotopic (exact) mass is 279 g/mol. The van der Waals surface area contributed by atoms with E-state index in [1.165, 1.54) is 19.3 Å². The van der Waals surface area contributed by atoms with Crippen LogP contribution in [0.25, 0.3) is 0 Å². The Labute approximate surface area is 123 Å². The van der Waals surface area contributed by atoms with Crippen molar-refractivity contribution in [3.05, 3.63) is 0 Å². The van der Waals surface area contributed by atoms with Crippen LogP contribution in [0.5, 0.6) is 0 Å². The fourth-order valence-corrected chi connectivity index (χ4v) is 3.61. The lowest BCUT2D eigenvalue weighted by Gasteiger charge is -2.37. The number of piperidine rings is 1. The van der Waals surface area contributed by atoms with Crippen molar-refractivity contribution >= 4 is 11.7 Å². The number of amides is 1. The molecular formula is C17H29NO2. The normalized spacial score (nSPS) is 25.6. The molecule has 2 fully saturated rings. The quantitative estimate of drug-likeness (QED) is 0.776. The first-order valence-electron chi connectivity index (χ1n) is 8.22. The second-order valence-electron chi connectivity index (χ2n) is 7.57. The number of ketones is 1. The second kappa shape index (κ2) is 6.28. The molecule has 2 rings (SSSR count). The number of carbonyl (C=O) groups excluding carboxylic acids is 2. The first kappa shape index (κ1) is 15.5. The van der Waals surface area contributed by atoms with Crippen molar-refractivity contribution < 1.29 is 9.59 Å². The van der Waals surface area contributed by atoms with Gasteiger partial charge in [0.1, 0.15) is 5.78 Å². The van der Waals surface area contributed by atoms with Crippen LogP contribution in [-0.2, 0) is 9.59 Å². The zero-order valence-electron chi connectivity index (χ0n) is 13.3. The number of rotatable bonds is 2. The minimum Gasteiger partial charge on any atom is -0.342 e. The molecule has 1 atom stereocenters. The van der Waals surface area contributed by atoms with E-state index in [1.807, 2.05) is 25.7 Å². The maximum atomic E-state index is 12.6. The van der Waals surface area contributed by atoms with Crippen molar-refractivity contribution in [1.82, 2.24) is 4.90 Å². The summed E-state index contributed by atoms with van der Waals surface area (Å²) in [6.07, 6.45) is 7.67. The number of hydrogen-bond donors (Lipinski definition) is 0. The summed E-state index contributed by atoms with van der Waals surface area (Å²) >= 11 is 0. The zero-order valence-corrected chi connectivity index (χ0v) is 13.3. The Bertz CT molecular complexity index is 364. The van der Waals surface area contributed by atoms with Crippen LogP contribution in [0.15, 0.2) is 0 Å². The first-order chi connectivity index (χ1) is 9.39. The minimum atomic E-state index is -0.290. The van der Waals surface area contributed by atoms with E-state index in [0.717, 1.165) is 32.2 Å². The lowest BCUT2D eigenvalue weighted by molar-refractivity contribution is -0.141. The Kier molecular flexibility index (Phi) is 4.87. The van der Waals surface area contributed by atoms with Gasteiger partial charge in [0, 0.05) is 30.3 Å². The number of likely N-dealkylation sites (tertiary alicyclic amines) is 1. The molecule has 0 spiro atoms. The molecule has 20 heavy (non-hydrogen) atoms. The van der Waals surface area contributed by atoms with Crippen molar-refractivity contribution in [3.63, 3.8) is 0 Å². The van der Waals surface area contributed by atoms with Crippen molar-refractivity contribution in [2.45, 2.75) is 65.7 Å². The van der Waals surface area contributed by atoms with Crippen LogP contribution in [0, 0.1) is 17.3 Å². The standard InChI is InChI=1S/C17H29NO2/c1-17(2,3)15(19)14-10-7-11-18(12-14)16(20)13-8-5-4-6-9-13/h13-14H,4-12H2,1-3H3. The number of Topliss-reactive ketones (excluding diaryl/α,β-unsaturated/α-hetero) is 1. The summed E-state index contributed by atoms with van der Waals surface area (Å²) in [5.74, 6) is 0.915. The molecule has 0 aromatic heterocycles. The highest BCUT2D eigenvalue weighted by Gasteiger charge is 2.35. The van der Waals surface area contributed by atoms with Gasteiger partial charge in [-0.05, 0) is 25.7 Å². The highest BCUT2D eigenvalue weighted by Crippen LogP contribution is 2.30. The fourth-order valence-electron chi connectivity index (χ4n) is 3.61. The molecule has 0 radical (unpaired) electrons. The molecule has 0 aromatic carbocycles. The van der Waals surface area contributed by atoms with Crippen LogP contribution in [0.3, 0.4) is 0 Å². The molecule has 0 bridgehead atoms. The van der Waals surface area contributed by atoms with Crippen LogP contribution in [0.4, 0.5) is 0 Å². The number of nitrogens with zero attached hydrogens (tertiary/aromatic N) is 1. The molecule has 1 saturated heterocycles. The molecule has 2 aliphatic rings. The van der Waals surface area contributed by atoms with Crippen LogP contribution in [0.2, 0.25) is 0 Å². The van der Waals surface area contributed by atoms with E-state index in [2.05, 4.69) is 0 Å². The van der Waals surface area contributed by atoms with E-state index < -0.39 is 0 Å². The van der Waals surface area contributed by atoms with Gasteiger partial charge in [-0.25, -0.2) is 0 Å². The van der Waals surface area contributed by atoms with Crippen molar-refractivity contribution in [2.24, 2.45) is 17.3 Å². The van der Waals surface area contributed by atoms with Gasteiger partial charge in [0.15, 0.2) is 0 Å². The number of carbonyl (C=O) groups is 2. The molecule has 1 aliphatic heterocycles. The molecule has 0 aromatic rings. The molecule has 1 heterocycles.